The van der Waals surface area contributed by atoms with E-state index < -0.39 is 19.8 Å². The normalized spacial score (nSPS) is 10.1. The van der Waals surface area contributed by atoms with Crippen molar-refractivity contribution >= 4 is 48.9 Å². The molecule has 0 aliphatic rings. The molecule has 1 nitrogen and oxygen atoms in total. The fourth-order valence-corrected chi connectivity index (χ4v) is 12.5. The molecule has 0 rings (SSSR count). The van der Waals surface area contributed by atoms with E-state index in [2.05, 4.69) is 39.5 Å². The van der Waals surface area contributed by atoms with Gasteiger partial charge in [0.15, 0.2) is 0 Å². The van der Waals surface area contributed by atoms with Crippen LogP contribution in [0.3, 0.4) is 0 Å². The molecule has 0 unspecified atom stereocenters. The van der Waals surface area contributed by atoms with Crippen LogP contribution in [0.1, 0.15) is 98.8 Å². The van der Waals surface area contributed by atoms with E-state index in [1.807, 2.05) is 0 Å². The van der Waals surface area contributed by atoms with Crippen molar-refractivity contribution in [1.29, 1.82) is 0 Å². The summed E-state index contributed by atoms with van der Waals surface area (Å²) in [5.74, 6) is 0. The molecule has 0 amide bonds. The standard InChI is InChI=1S/C9H19NS2.3C4H9.Sn/c1-3-5-7-10(9(11)12)8-6-4-2;3*1-3-4-2;/h3-8H2,1-2H3,(H,11,12);3*1,3-4H2,2H3;/q;;;;+1/p-1. The summed E-state index contributed by atoms with van der Waals surface area (Å²) in [6.45, 7) is 13.5. The van der Waals surface area contributed by atoms with Gasteiger partial charge in [-0.1, -0.05) is 31.0 Å². The third-order valence-corrected chi connectivity index (χ3v) is 14.1. The predicted molar refractivity (Wildman–Crippen MR) is 126 cm³/mol. The van der Waals surface area contributed by atoms with Crippen molar-refractivity contribution in [2.24, 2.45) is 0 Å². The Morgan fingerprint density at radius 1 is 0.680 bits per heavy atom. The van der Waals surface area contributed by atoms with E-state index in [1.165, 1.54) is 64.2 Å². The zero-order valence-electron chi connectivity index (χ0n) is 17.9. The maximum atomic E-state index is 4.98. The van der Waals surface area contributed by atoms with Crippen LogP contribution >= 0.6 is 12.2 Å². The van der Waals surface area contributed by atoms with E-state index in [0.717, 1.165) is 13.1 Å². The fraction of sp³-hybridized carbons (Fsp3) is 0.952. The zero-order chi connectivity index (χ0) is 19.3. The van der Waals surface area contributed by atoms with Crippen molar-refractivity contribution in [3.05, 3.63) is 0 Å². The van der Waals surface area contributed by atoms with Crippen molar-refractivity contribution in [2.75, 3.05) is 13.1 Å². The van der Waals surface area contributed by atoms with Gasteiger partial charge in [-0.15, -0.1) is 0 Å². The Kier molecular flexibility index (Phi) is 25.8. The molecule has 0 atom stereocenters. The molecule has 0 fully saturated rings. The Morgan fingerprint density at radius 3 is 1.24 bits per heavy atom. The van der Waals surface area contributed by atoms with Crippen LogP contribution in [-0.4, -0.2) is 42.1 Å². The second-order valence-corrected chi connectivity index (χ2v) is 16.6. The van der Waals surface area contributed by atoms with Gasteiger partial charge in [-0.3, -0.25) is 0 Å². The molecular weight excluding hydrogens is 449 g/mol. The number of hydrogen-bond acceptors (Lipinski definition) is 2. The first-order valence-electron chi connectivity index (χ1n) is 10.9. The molecule has 4 heteroatoms. The average molecular weight is 494 g/mol. The Labute approximate surface area is 178 Å². The molecule has 0 aliphatic carbocycles. The summed E-state index contributed by atoms with van der Waals surface area (Å²) in [6, 6.07) is 0. The van der Waals surface area contributed by atoms with E-state index in [-0.39, 0.29) is 0 Å². The van der Waals surface area contributed by atoms with Gasteiger partial charge in [-0.25, -0.2) is 0 Å². The molecular formula is C21H45NS2Sn. The molecule has 0 heterocycles. The molecule has 0 bridgehead atoms. The van der Waals surface area contributed by atoms with Crippen LogP contribution in [-0.2, 0) is 12.6 Å². The first-order valence-corrected chi connectivity index (χ1v) is 17.7. The third kappa shape index (κ3) is 21.1. The number of unbranched alkanes of at least 4 members (excludes halogenated alkanes) is 5. The van der Waals surface area contributed by atoms with Crippen LogP contribution in [0.5, 0.6) is 0 Å². The van der Waals surface area contributed by atoms with E-state index in [9.17, 15) is 0 Å². The summed E-state index contributed by atoms with van der Waals surface area (Å²) in [5, 5.41) is 0. The second kappa shape index (κ2) is 22.9. The minimum atomic E-state index is -0.839. The van der Waals surface area contributed by atoms with Gasteiger partial charge in [-0.05, 0) is 12.8 Å². The van der Waals surface area contributed by atoms with E-state index >= 15 is 0 Å². The maximum absolute atomic E-state index is 4.98. The Hall–Kier alpha value is 0.909. The molecule has 0 saturated heterocycles. The Morgan fingerprint density at radius 2 is 1.00 bits per heavy atom. The van der Waals surface area contributed by atoms with Gasteiger partial charge in [0, 0.05) is 13.1 Å². The summed E-state index contributed by atoms with van der Waals surface area (Å²) in [4.78, 5) is 2.14. The van der Waals surface area contributed by atoms with Crippen molar-refractivity contribution in [3.63, 3.8) is 0 Å². The van der Waals surface area contributed by atoms with Crippen molar-refractivity contribution < 1.29 is 0 Å². The van der Waals surface area contributed by atoms with Crippen LogP contribution in [0.15, 0.2) is 0 Å². The van der Waals surface area contributed by atoms with E-state index in [4.69, 9.17) is 24.8 Å². The molecule has 0 aromatic heterocycles. The van der Waals surface area contributed by atoms with Gasteiger partial charge in [0.1, 0.15) is 0 Å². The summed E-state index contributed by atoms with van der Waals surface area (Å²) in [7, 11) is 0. The molecule has 0 spiro atoms. The van der Waals surface area contributed by atoms with Gasteiger partial charge in [-0.2, -0.15) is 0 Å². The predicted octanol–water partition coefficient (Wildman–Crippen LogP) is 7.60. The molecule has 0 aliphatic heterocycles. The Bertz CT molecular complexity index is 248. The molecule has 0 radical (unpaired) electrons. The first-order chi connectivity index (χ1) is 12.1. The van der Waals surface area contributed by atoms with Gasteiger partial charge in [0.05, 0.1) is 0 Å². The molecule has 0 aromatic carbocycles. The van der Waals surface area contributed by atoms with Crippen LogP contribution in [0, 0.1) is 0 Å². The number of hydrogen-bond donors (Lipinski definition) is 0. The summed E-state index contributed by atoms with van der Waals surface area (Å²) >= 11 is 9.13. The number of thiocarbonyl (C=S) groups is 1. The van der Waals surface area contributed by atoms with Crippen LogP contribution in [0.4, 0.5) is 0 Å². The van der Waals surface area contributed by atoms with Crippen molar-refractivity contribution in [3.8, 4) is 0 Å². The van der Waals surface area contributed by atoms with Gasteiger partial charge >= 0.3 is 92.4 Å². The van der Waals surface area contributed by atoms with Crippen LogP contribution < -0.4 is 0 Å². The van der Waals surface area contributed by atoms with Crippen molar-refractivity contribution in [1.82, 2.24) is 4.90 Å². The molecule has 150 valence electrons. The Balaban J connectivity index is 0. The SMILES string of the molecule is CCCCN(CCCC)C(=S)[S-].CCC[CH2][Sn+]([CH2]CCC)[CH2]CCC. The minimum absolute atomic E-state index is 0.636. The number of rotatable bonds is 15. The van der Waals surface area contributed by atoms with Gasteiger partial charge in [0.2, 0.25) is 0 Å². The summed E-state index contributed by atoms with van der Waals surface area (Å²) in [6.07, 6.45) is 13.7. The first kappa shape index (κ1) is 28.1. The molecule has 25 heavy (non-hydrogen) atoms. The second-order valence-electron chi connectivity index (χ2n) is 7.02. The van der Waals surface area contributed by atoms with Crippen LogP contribution in [0.2, 0.25) is 13.3 Å². The molecule has 0 aromatic rings. The van der Waals surface area contributed by atoms with Gasteiger partial charge < -0.3 is 29.7 Å². The summed E-state index contributed by atoms with van der Waals surface area (Å²) in [5.41, 5.74) is 0. The topological polar surface area (TPSA) is 3.24 Å². The average Bonchev–Trinajstić information content (AvgIpc) is 2.61. The fourth-order valence-electron chi connectivity index (χ4n) is 2.65. The quantitative estimate of drug-likeness (QED) is 0.131. The monoisotopic (exact) mass is 495 g/mol. The third-order valence-electron chi connectivity index (χ3n) is 4.47. The van der Waals surface area contributed by atoms with Crippen molar-refractivity contribution in [2.45, 2.75) is 112 Å². The van der Waals surface area contributed by atoms with Gasteiger partial charge in [0.25, 0.3) is 0 Å². The van der Waals surface area contributed by atoms with E-state index in [1.54, 1.807) is 13.3 Å². The number of nitrogens with zero attached hydrogens (tertiary/aromatic N) is 1. The zero-order valence-corrected chi connectivity index (χ0v) is 22.4. The molecule has 0 saturated carbocycles. The summed E-state index contributed by atoms with van der Waals surface area (Å²) < 4.78 is 5.67. The van der Waals surface area contributed by atoms with Crippen LogP contribution in [0.25, 0.3) is 0 Å². The molecule has 0 N–H and O–H groups in total. The van der Waals surface area contributed by atoms with E-state index in [0.29, 0.717) is 4.32 Å².